The first-order valence-electron chi connectivity index (χ1n) is 6.28. The van der Waals surface area contributed by atoms with Crippen LogP contribution in [0, 0.1) is 12.3 Å². The molecule has 1 atom stereocenters. The number of aliphatic carboxylic acids is 1. The molecule has 0 saturated heterocycles. The van der Waals surface area contributed by atoms with Crippen molar-refractivity contribution in [1.82, 2.24) is 5.32 Å². The standard InChI is InChI=1S/C14H18Br2N2O3/c1-7-5-8(15)10(9(16)6-7)17-13(21)18-11(12(19)20)14(2,3)4/h5-6,11H,1-4H3,(H,19,20)(H2,17,18,21)/t11-/m1/s1. The SMILES string of the molecule is Cc1cc(Br)c(NC(=O)N[C@H](C(=O)O)C(C)(C)C)c(Br)c1. The molecule has 0 heterocycles. The van der Waals surface area contributed by atoms with Gasteiger partial charge in [-0.25, -0.2) is 9.59 Å². The summed E-state index contributed by atoms with van der Waals surface area (Å²) >= 11 is 6.74. The third-order valence-corrected chi connectivity index (χ3v) is 4.06. The largest absolute Gasteiger partial charge is 0.480 e. The van der Waals surface area contributed by atoms with Gasteiger partial charge in [-0.05, 0) is 61.9 Å². The molecule has 0 unspecified atom stereocenters. The van der Waals surface area contributed by atoms with Crippen molar-refractivity contribution in [1.29, 1.82) is 0 Å². The van der Waals surface area contributed by atoms with Crippen molar-refractivity contribution in [2.24, 2.45) is 5.41 Å². The van der Waals surface area contributed by atoms with E-state index in [4.69, 9.17) is 0 Å². The molecule has 5 nitrogen and oxygen atoms in total. The molecule has 1 aromatic carbocycles. The van der Waals surface area contributed by atoms with Gasteiger partial charge < -0.3 is 15.7 Å². The fraction of sp³-hybridized carbons (Fsp3) is 0.429. The van der Waals surface area contributed by atoms with Gasteiger partial charge in [-0.15, -0.1) is 0 Å². The molecular weight excluding hydrogens is 404 g/mol. The second-order valence-electron chi connectivity index (χ2n) is 5.84. The summed E-state index contributed by atoms with van der Waals surface area (Å²) in [6.07, 6.45) is 0. The molecule has 0 fully saturated rings. The molecule has 3 N–H and O–H groups in total. The normalized spacial score (nSPS) is 12.7. The number of carboxylic acid groups (broad SMARTS) is 1. The number of hydrogen-bond acceptors (Lipinski definition) is 2. The number of amides is 2. The van der Waals surface area contributed by atoms with Crippen LogP contribution in [0.1, 0.15) is 26.3 Å². The van der Waals surface area contributed by atoms with E-state index in [1.807, 2.05) is 19.1 Å². The van der Waals surface area contributed by atoms with Crippen molar-refractivity contribution in [3.05, 3.63) is 26.6 Å². The molecule has 0 aliphatic rings. The number of hydrogen-bond donors (Lipinski definition) is 3. The number of anilines is 1. The van der Waals surface area contributed by atoms with Crippen LogP contribution in [0.2, 0.25) is 0 Å². The Labute approximate surface area is 140 Å². The third kappa shape index (κ3) is 5.00. The number of benzene rings is 1. The molecular formula is C14H18Br2N2O3. The molecule has 0 aliphatic heterocycles. The summed E-state index contributed by atoms with van der Waals surface area (Å²) in [5, 5.41) is 14.3. The highest BCUT2D eigenvalue weighted by atomic mass is 79.9. The fourth-order valence-electron chi connectivity index (χ4n) is 1.75. The molecule has 0 saturated carbocycles. The van der Waals surface area contributed by atoms with Gasteiger partial charge in [0.15, 0.2) is 0 Å². The van der Waals surface area contributed by atoms with E-state index >= 15 is 0 Å². The minimum absolute atomic E-state index is 0.552. The van der Waals surface area contributed by atoms with Crippen LogP contribution >= 0.6 is 31.9 Å². The number of nitrogens with one attached hydrogen (secondary N) is 2. The molecule has 0 bridgehead atoms. The monoisotopic (exact) mass is 420 g/mol. The van der Waals surface area contributed by atoms with E-state index in [9.17, 15) is 14.7 Å². The lowest BCUT2D eigenvalue weighted by Crippen LogP contribution is -2.50. The maximum absolute atomic E-state index is 12.0. The van der Waals surface area contributed by atoms with Crippen molar-refractivity contribution in [3.63, 3.8) is 0 Å². The van der Waals surface area contributed by atoms with Crippen LogP contribution in [0.5, 0.6) is 0 Å². The maximum Gasteiger partial charge on any atom is 0.326 e. The zero-order valence-electron chi connectivity index (χ0n) is 12.3. The van der Waals surface area contributed by atoms with Crippen LogP contribution < -0.4 is 10.6 Å². The Morgan fingerprint density at radius 1 is 1.19 bits per heavy atom. The topological polar surface area (TPSA) is 78.4 Å². The summed E-state index contributed by atoms with van der Waals surface area (Å²) < 4.78 is 1.43. The zero-order valence-corrected chi connectivity index (χ0v) is 15.4. The number of halogens is 2. The van der Waals surface area contributed by atoms with E-state index in [1.165, 1.54) is 0 Å². The predicted molar refractivity (Wildman–Crippen MR) is 89.6 cm³/mol. The van der Waals surface area contributed by atoms with Crippen molar-refractivity contribution < 1.29 is 14.7 Å². The fourth-order valence-corrected chi connectivity index (χ4v) is 3.36. The molecule has 0 aliphatic carbocycles. The lowest BCUT2D eigenvalue weighted by atomic mass is 9.87. The highest BCUT2D eigenvalue weighted by molar-refractivity contribution is 9.11. The van der Waals surface area contributed by atoms with E-state index in [1.54, 1.807) is 20.8 Å². The van der Waals surface area contributed by atoms with E-state index in [-0.39, 0.29) is 0 Å². The molecule has 0 aromatic heterocycles. The van der Waals surface area contributed by atoms with E-state index in [0.29, 0.717) is 14.6 Å². The molecule has 0 radical (unpaired) electrons. The molecule has 21 heavy (non-hydrogen) atoms. The zero-order chi connectivity index (χ0) is 16.4. The van der Waals surface area contributed by atoms with Crippen molar-refractivity contribution >= 4 is 49.5 Å². The van der Waals surface area contributed by atoms with Gasteiger partial charge in [-0.2, -0.15) is 0 Å². The number of rotatable bonds is 3. The maximum atomic E-state index is 12.0. The summed E-state index contributed by atoms with van der Waals surface area (Å²) in [7, 11) is 0. The van der Waals surface area contributed by atoms with Crippen molar-refractivity contribution in [3.8, 4) is 0 Å². The molecule has 1 rings (SSSR count). The van der Waals surface area contributed by atoms with Gasteiger partial charge in [-0.1, -0.05) is 20.8 Å². The lowest BCUT2D eigenvalue weighted by Gasteiger charge is -2.27. The summed E-state index contributed by atoms with van der Waals surface area (Å²) in [4.78, 5) is 23.3. The number of carbonyl (C=O) groups is 2. The highest BCUT2D eigenvalue weighted by Crippen LogP contribution is 2.32. The first-order chi connectivity index (χ1) is 9.52. The Bertz CT molecular complexity index is 545. The highest BCUT2D eigenvalue weighted by Gasteiger charge is 2.32. The van der Waals surface area contributed by atoms with Gasteiger partial charge in [0.2, 0.25) is 0 Å². The van der Waals surface area contributed by atoms with Crippen molar-refractivity contribution in [2.45, 2.75) is 33.7 Å². The Hall–Kier alpha value is -1.08. The summed E-state index contributed by atoms with van der Waals surface area (Å²) in [5.41, 5.74) is 0.985. The molecule has 2 amide bonds. The Kier molecular flexibility index (Phi) is 5.81. The summed E-state index contributed by atoms with van der Waals surface area (Å²) in [6, 6.07) is 2.17. The predicted octanol–water partition coefficient (Wildman–Crippen LogP) is 4.14. The van der Waals surface area contributed by atoms with Crippen LogP contribution in [0.25, 0.3) is 0 Å². The number of urea groups is 1. The van der Waals surface area contributed by atoms with Crippen LogP contribution in [0.3, 0.4) is 0 Å². The molecule has 7 heteroatoms. The van der Waals surface area contributed by atoms with Crippen LogP contribution in [0.15, 0.2) is 21.1 Å². The van der Waals surface area contributed by atoms with E-state index in [2.05, 4.69) is 42.5 Å². The molecule has 0 spiro atoms. The smallest absolute Gasteiger partial charge is 0.326 e. The first-order valence-corrected chi connectivity index (χ1v) is 7.87. The van der Waals surface area contributed by atoms with Gasteiger partial charge in [0.1, 0.15) is 6.04 Å². The minimum Gasteiger partial charge on any atom is -0.480 e. The van der Waals surface area contributed by atoms with Gasteiger partial charge in [0, 0.05) is 8.95 Å². The first kappa shape index (κ1) is 18.0. The second-order valence-corrected chi connectivity index (χ2v) is 7.55. The van der Waals surface area contributed by atoms with Gasteiger partial charge >= 0.3 is 12.0 Å². The third-order valence-electron chi connectivity index (χ3n) is 2.81. The van der Waals surface area contributed by atoms with E-state index in [0.717, 1.165) is 5.56 Å². The number of aryl methyl sites for hydroxylation is 1. The van der Waals surface area contributed by atoms with Gasteiger partial charge in [0.25, 0.3) is 0 Å². The van der Waals surface area contributed by atoms with Gasteiger partial charge in [0.05, 0.1) is 5.69 Å². The van der Waals surface area contributed by atoms with Crippen LogP contribution in [-0.2, 0) is 4.79 Å². The van der Waals surface area contributed by atoms with Crippen LogP contribution in [0.4, 0.5) is 10.5 Å². The van der Waals surface area contributed by atoms with E-state index < -0.39 is 23.5 Å². The number of carbonyl (C=O) groups excluding carboxylic acids is 1. The average molecular weight is 422 g/mol. The molecule has 116 valence electrons. The lowest BCUT2D eigenvalue weighted by molar-refractivity contribution is -0.141. The summed E-state index contributed by atoms with van der Waals surface area (Å²) in [6.45, 7) is 7.19. The molecule has 1 aromatic rings. The second kappa shape index (κ2) is 6.79. The number of carboxylic acids is 1. The Balaban J connectivity index is 2.90. The Morgan fingerprint density at radius 2 is 1.67 bits per heavy atom. The van der Waals surface area contributed by atoms with Crippen LogP contribution in [-0.4, -0.2) is 23.1 Å². The minimum atomic E-state index is -1.07. The average Bonchev–Trinajstić information content (AvgIpc) is 2.28. The van der Waals surface area contributed by atoms with Crippen molar-refractivity contribution in [2.75, 3.05) is 5.32 Å². The quantitative estimate of drug-likeness (QED) is 0.686. The summed E-state index contributed by atoms with van der Waals surface area (Å²) in [5.74, 6) is -1.07. The van der Waals surface area contributed by atoms with Gasteiger partial charge in [-0.3, -0.25) is 0 Å². The Morgan fingerprint density at radius 3 is 2.05 bits per heavy atom.